The molecule has 0 spiro atoms. The molecule has 2 rings (SSSR count). The predicted molar refractivity (Wildman–Crippen MR) is 70.6 cm³/mol. The van der Waals surface area contributed by atoms with Gasteiger partial charge < -0.3 is 0 Å². The predicted octanol–water partition coefficient (Wildman–Crippen LogP) is 4.07. The quantitative estimate of drug-likeness (QED) is 0.533. The van der Waals surface area contributed by atoms with Gasteiger partial charge in [0.2, 0.25) is 0 Å². The van der Waals surface area contributed by atoms with Crippen LogP contribution in [0.15, 0.2) is 59.8 Å². The highest BCUT2D eigenvalue weighted by atomic mass is 32.1. The van der Waals surface area contributed by atoms with E-state index in [1.165, 1.54) is 5.56 Å². The Morgan fingerprint density at radius 1 is 1.19 bits per heavy atom. The van der Waals surface area contributed by atoms with E-state index in [4.69, 9.17) is 0 Å². The van der Waals surface area contributed by atoms with E-state index in [2.05, 4.69) is 35.9 Å². The molecule has 0 aliphatic heterocycles. The molecule has 78 valence electrons. The summed E-state index contributed by atoms with van der Waals surface area (Å²) < 4.78 is 0. The first-order chi connectivity index (χ1) is 7.90. The van der Waals surface area contributed by atoms with Gasteiger partial charge in [-0.1, -0.05) is 48.2 Å². The lowest BCUT2D eigenvalue weighted by Gasteiger charge is -2.03. The lowest BCUT2D eigenvalue weighted by atomic mass is 10.00. The van der Waals surface area contributed by atoms with Gasteiger partial charge in [-0.05, 0) is 17.0 Å². The first-order valence-corrected chi connectivity index (χ1v) is 6.05. The molecule has 16 heavy (non-hydrogen) atoms. The molecule has 1 heterocycles. The van der Waals surface area contributed by atoms with Crippen molar-refractivity contribution in [1.29, 1.82) is 0 Å². The van der Waals surface area contributed by atoms with E-state index in [1.54, 1.807) is 11.3 Å². The average molecular weight is 224 g/mol. The van der Waals surface area contributed by atoms with Crippen molar-refractivity contribution >= 4 is 11.3 Å². The summed E-state index contributed by atoms with van der Waals surface area (Å²) in [5, 5.41) is 4.09. The number of hydrogen-bond acceptors (Lipinski definition) is 1. The van der Waals surface area contributed by atoms with E-state index < -0.39 is 0 Å². The average Bonchev–Trinajstić information content (AvgIpc) is 2.84. The maximum atomic E-state index is 3.84. The zero-order valence-electron chi connectivity index (χ0n) is 8.89. The van der Waals surface area contributed by atoms with Crippen molar-refractivity contribution in [3.63, 3.8) is 0 Å². The van der Waals surface area contributed by atoms with Gasteiger partial charge in [0.15, 0.2) is 0 Å². The SMILES string of the molecule is C=C[C@H](C#Cc1ccsc1)c1ccccc1. The second-order valence-electron chi connectivity index (χ2n) is 3.41. The van der Waals surface area contributed by atoms with E-state index >= 15 is 0 Å². The Labute approximate surface area is 100 Å². The first-order valence-electron chi connectivity index (χ1n) is 5.11. The number of thiophene rings is 1. The van der Waals surface area contributed by atoms with E-state index in [-0.39, 0.29) is 5.92 Å². The Morgan fingerprint density at radius 3 is 2.62 bits per heavy atom. The van der Waals surface area contributed by atoms with Gasteiger partial charge in [0.1, 0.15) is 0 Å². The third kappa shape index (κ3) is 2.62. The summed E-state index contributed by atoms with van der Waals surface area (Å²) in [6.45, 7) is 3.84. The molecule has 0 amide bonds. The second kappa shape index (κ2) is 5.34. The van der Waals surface area contributed by atoms with Crippen molar-refractivity contribution in [2.24, 2.45) is 0 Å². The lowest BCUT2D eigenvalue weighted by molar-refractivity contribution is 1.13. The van der Waals surface area contributed by atoms with Gasteiger partial charge >= 0.3 is 0 Å². The zero-order chi connectivity index (χ0) is 11.2. The van der Waals surface area contributed by atoms with Crippen LogP contribution >= 0.6 is 11.3 Å². The monoisotopic (exact) mass is 224 g/mol. The van der Waals surface area contributed by atoms with Crippen LogP contribution in [0.3, 0.4) is 0 Å². The Hall–Kier alpha value is -1.78. The molecule has 0 bridgehead atoms. The van der Waals surface area contributed by atoms with Crippen LogP contribution in [0.25, 0.3) is 0 Å². The van der Waals surface area contributed by atoms with Gasteiger partial charge in [0.25, 0.3) is 0 Å². The summed E-state index contributed by atoms with van der Waals surface area (Å²) in [7, 11) is 0. The molecule has 0 radical (unpaired) electrons. The summed E-state index contributed by atoms with van der Waals surface area (Å²) in [5.74, 6) is 6.50. The van der Waals surface area contributed by atoms with Crippen molar-refractivity contribution in [2.45, 2.75) is 5.92 Å². The number of allylic oxidation sites excluding steroid dienone is 1. The van der Waals surface area contributed by atoms with Crippen LogP contribution in [-0.2, 0) is 0 Å². The summed E-state index contributed by atoms with van der Waals surface area (Å²) in [6, 6.07) is 12.2. The minimum atomic E-state index is 0.112. The third-order valence-electron chi connectivity index (χ3n) is 2.29. The molecule has 0 aliphatic carbocycles. The first kappa shape index (κ1) is 10.7. The molecule has 2 aromatic rings. The molecule has 0 N–H and O–H groups in total. The van der Waals surface area contributed by atoms with E-state index in [1.807, 2.05) is 35.7 Å². The van der Waals surface area contributed by atoms with E-state index in [0.29, 0.717) is 0 Å². The molecular formula is C15H12S. The molecule has 0 saturated heterocycles. The van der Waals surface area contributed by atoms with E-state index in [9.17, 15) is 0 Å². The molecule has 1 aromatic carbocycles. The summed E-state index contributed by atoms with van der Waals surface area (Å²) in [4.78, 5) is 0. The van der Waals surface area contributed by atoms with Crippen LogP contribution < -0.4 is 0 Å². The standard InChI is InChI=1S/C15H12S/c1-2-14(15-6-4-3-5-7-15)9-8-13-10-11-16-12-13/h2-7,10-12,14H,1H2/t14-/m1/s1. The Morgan fingerprint density at radius 2 is 2.00 bits per heavy atom. The van der Waals surface area contributed by atoms with Crippen LogP contribution in [0.2, 0.25) is 0 Å². The molecule has 1 heteroatoms. The summed E-state index contributed by atoms with van der Waals surface area (Å²) in [5.41, 5.74) is 2.27. The Kier molecular flexibility index (Phi) is 3.58. The van der Waals surface area contributed by atoms with Crippen molar-refractivity contribution in [2.75, 3.05) is 0 Å². The molecule has 0 fully saturated rings. The Balaban J connectivity index is 2.22. The lowest BCUT2D eigenvalue weighted by Crippen LogP contribution is -1.90. The van der Waals surface area contributed by atoms with Crippen molar-refractivity contribution < 1.29 is 0 Å². The molecule has 0 unspecified atom stereocenters. The fraction of sp³-hybridized carbons (Fsp3) is 0.0667. The highest BCUT2D eigenvalue weighted by Crippen LogP contribution is 2.15. The van der Waals surface area contributed by atoms with Gasteiger partial charge in [-0.2, -0.15) is 11.3 Å². The van der Waals surface area contributed by atoms with Gasteiger partial charge in [-0.15, -0.1) is 6.58 Å². The van der Waals surface area contributed by atoms with Gasteiger partial charge in [0, 0.05) is 10.9 Å². The van der Waals surface area contributed by atoms with Crippen molar-refractivity contribution in [1.82, 2.24) is 0 Å². The molecule has 0 aliphatic rings. The largest absolute Gasteiger partial charge is 0.151 e. The number of hydrogen-bond donors (Lipinski definition) is 0. The second-order valence-corrected chi connectivity index (χ2v) is 4.19. The smallest absolute Gasteiger partial charge is 0.0633 e. The molecule has 1 atom stereocenters. The van der Waals surface area contributed by atoms with E-state index in [0.717, 1.165) is 5.56 Å². The third-order valence-corrected chi connectivity index (χ3v) is 2.97. The van der Waals surface area contributed by atoms with Gasteiger partial charge in [0.05, 0.1) is 5.92 Å². The molecular weight excluding hydrogens is 212 g/mol. The van der Waals surface area contributed by atoms with Gasteiger partial charge in [-0.3, -0.25) is 0 Å². The fourth-order valence-corrected chi connectivity index (χ4v) is 2.02. The highest BCUT2D eigenvalue weighted by Gasteiger charge is 2.01. The molecule has 0 nitrogen and oxygen atoms in total. The summed E-state index contributed by atoms with van der Waals surface area (Å²) in [6.07, 6.45) is 1.88. The number of rotatable bonds is 2. The zero-order valence-corrected chi connectivity index (χ0v) is 9.71. The maximum Gasteiger partial charge on any atom is 0.0633 e. The molecule has 0 saturated carbocycles. The maximum absolute atomic E-state index is 3.84. The normalized spacial score (nSPS) is 11.2. The van der Waals surface area contributed by atoms with Crippen LogP contribution in [-0.4, -0.2) is 0 Å². The summed E-state index contributed by atoms with van der Waals surface area (Å²) >= 11 is 1.67. The van der Waals surface area contributed by atoms with Crippen molar-refractivity contribution in [3.05, 3.63) is 70.9 Å². The fourth-order valence-electron chi connectivity index (χ4n) is 1.44. The van der Waals surface area contributed by atoms with Crippen LogP contribution in [0.5, 0.6) is 0 Å². The Bertz CT molecular complexity index is 497. The number of benzene rings is 1. The highest BCUT2D eigenvalue weighted by molar-refractivity contribution is 7.08. The van der Waals surface area contributed by atoms with Crippen molar-refractivity contribution in [3.8, 4) is 11.8 Å². The molecule has 1 aromatic heterocycles. The van der Waals surface area contributed by atoms with Crippen LogP contribution in [0.1, 0.15) is 17.0 Å². The van der Waals surface area contributed by atoms with Crippen LogP contribution in [0.4, 0.5) is 0 Å². The van der Waals surface area contributed by atoms with Crippen LogP contribution in [0, 0.1) is 11.8 Å². The minimum Gasteiger partial charge on any atom is -0.151 e. The topological polar surface area (TPSA) is 0 Å². The minimum absolute atomic E-state index is 0.112. The van der Waals surface area contributed by atoms with Gasteiger partial charge in [-0.25, -0.2) is 0 Å².